The van der Waals surface area contributed by atoms with Gasteiger partial charge in [0.15, 0.2) is 0 Å². The molecule has 0 unspecified atom stereocenters. The number of nitrogens with zero attached hydrogens (tertiary/aromatic N) is 2. The van der Waals surface area contributed by atoms with Crippen LogP contribution in [0, 0.1) is 5.41 Å². The summed E-state index contributed by atoms with van der Waals surface area (Å²) in [5.74, 6) is -1.10. The molecule has 118 valence electrons. The van der Waals surface area contributed by atoms with Crippen molar-refractivity contribution in [1.82, 2.24) is 15.1 Å². The van der Waals surface area contributed by atoms with Gasteiger partial charge < -0.3 is 10.4 Å². The number of aromatic nitrogens is 2. The Balaban J connectivity index is 2.69. The fourth-order valence-electron chi connectivity index (χ4n) is 1.73. The normalized spacial score (nSPS) is 12.3. The Kier molecular flexibility index (Phi) is 4.81. The monoisotopic (exact) mass is 295 g/mol. The van der Waals surface area contributed by atoms with Gasteiger partial charge in [-0.1, -0.05) is 20.8 Å². The Morgan fingerprint density at radius 1 is 1.29 bits per heavy atom. The van der Waals surface area contributed by atoms with E-state index in [4.69, 9.17) is 5.11 Å². The number of nitrogens with one attached hydrogen (secondary N) is 1. The van der Waals surface area contributed by atoms with E-state index in [1.165, 1.54) is 0 Å². The zero-order chi connectivity index (χ0) is 16.4. The van der Waals surface area contributed by atoms with Crippen LogP contribution in [0.15, 0.2) is 6.07 Å². The summed E-state index contributed by atoms with van der Waals surface area (Å²) in [6, 6.07) is 1.78. The number of carbonyl (C=O) groups excluding carboxylic acids is 1. The Morgan fingerprint density at radius 2 is 1.86 bits per heavy atom. The van der Waals surface area contributed by atoms with Crippen molar-refractivity contribution in [3.8, 4) is 0 Å². The number of carboxylic acids is 1. The second kappa shape index (κ2) is 5.87. The van der Waals surface area contributed by atoms with Crippen molar-refractivity contribution in [3.63, 3.8) is 0 Å². The van der Waals surface area contributed by atoms with Crippen molar-refractivity contribution in [2.45, 2.75) is 46.5 Å². The quantitative estimate of drug-likeness (QED) is 0.869. The van der Waals surface area contributed by atoms with E-state index in [1.54, 1.807) is 31.6 Å². The summed E-state index contributed by atoms with van der Waals surface area (Å²) >= 11 is 0. The minimum Gasteiger partial charge on any atom is -0.481 e. The predicted molar refractivity (Wildman–Crippen MR) is 80.3 cm³/mol. The third-order valence-electron chi connectivity index (χ3n) is 3.50. The molecule has 0 aliphatic heterocycles. The van der Waals surface area contributed by atoms with Gasteiger partial charge in [-0.2, -0.15) is 5.10 Å². The zero-order valence-corrected chi connectivity index (χ0v) is 13.6. The summed E-state index contributed by atoms with van der Waals surface area (Å²) in [6.07, 6.45) is 0.373. The van der Waals surface area contributed by atoms with Gasteiger partial charge in [-0.05, 0) is 26.3 Å². The molecule has 0 aliphatic rings. The molecule has 0 aromatic carbocycles. The number of aryl methyl sites for hydroxylation is 1. The average Bonchev–Trinajstić information content (AvgIpc) is 2.70. The zero-order valence-electron chi connectivity index (χ0n) is 13.6. The Hall–Kier alpha value is -1.85. The van der Waals surface area contributed by atoms with Gasteiger partial charge in [0.05, 0.1) is 11.1 Å². The van der Waals surface area contributed by atoms with Crippen LogP contribution in [-0.2, 0) is 17.3 Å². The van der Waals surface area contributed by atoms with Crippen LogP contribution in [0.5, 0.6) is 0 Å². The molecule has 1 rings (SSSR count). The minimum absolute atomic E-state index is 0.123. The predicted octanol–water partition coefficient (Wildman–Crippen LogP) is 1.95. The molecule has 0 radical (unpaired) electrons. The van der Waals surface area contributed by atoms with Gasteiger partial charge in [0.25, 0.3) is 5.91 Å². The van der Waals surface area contributed by atoms with Gasteiger partial charge in [0.2, 0.25) is 0 Å². The van der Waals surface area contributed by atoms with E-state index in [1.807, 2.05) is 20.8 Å². The van der Waals surface area contributed by atoms with Crippen LogP contribution >= 0.6 is 0 Å². The number of aliphatic carboxylic acids is 1. The van der Waals surface area contributed by atoms with E-state index in [0.717, 1.165) is 5.69 Å². The maximum Gasteiger partial charge on any atom is 0.309 e. The summed E-state index contributed by atoms with van der Waals surface area (Å²) < 4.78 is 1.55. The van der Waals surface area contributed by atoms with Crippen LogP contribution in [0.25, 0.3) is 0 Å². The summed E-state index contributed by atoms with van der Waals surface area (Å²) in [4.78, 5) is 23.1. The van der Waals surface area contributed by atoms with Gasteiger partial charge >= 0.3 is 5.97 Å². The van der Waals surface area contributed by atoms with Gasteiger partial charge in [-0.25, -0.2) is 0 Å². The number of rotatable bonds is 5. The lowest BCUT2D eigenvalue weighted by Crippen LogP contribution is -2.32. The van der Waals surface area contributed by atoms with Crippen LogP contribution in [0.3, 0.4) is 0 Å². The van der Waals surface area contributed by atoms with Crippen LogP contribution in [0.1, 0.15) is 57.2 Å². The molecule has 0 saturated carbocycles. The van der Waals surface area contributed by atoms with Crippen molar-refractivity contribution < 1.29 is 14.7 Å². The summed E-state index contributed by atoms with van der Waals surface area (Å²) in [5, 5.41) is 16.1. The van der Waals surface area contributed by atoms with Crippen LogP contribution in [0.2, 0.25) is 0 Å². The number of hydrogen-bond donors (Lipinski definition) is 2. The molecule has 1 heterocycles. The maximum atomic E-state index is 12.1. The molecule has 21 heavy (non-hydrogen) atoms. The molecule has 6 heteroatoms. The van der Waals surface area contributed by atoms with E-state index in [9.17, 15) is 9.59 Å². The molecular formula is C15H25N3O3. The minimum atomic E-state index is -0.868. The summed E-state index contributed by atoms with van der Waals surface area (Å²) in [5.41, 5.74) is 0.354. The molecule has 0 bridgehead atoms. The third kappa shape index (κ3) is 4.31. The Morgan fingerprint density at radius 3 is 2.29 bits per heavy atom. The molecule has 1 amide bonds. The smallest absolute Gasteiger partial charge is 0.309 e. The van der Waals surface area contributed by atoms with E-state index in [0.29, 0.717) is 18.7 Å². The second-order valence-corrected chi connectivity index (χ2v) is 6.98. The van der Waals surface area contributed by atoms with Gasteiger partial charge in [0, 0.05) is 19.0 Å². The molecular weight excluding hydrogens is 270 g/mol. The molecule has 0 atom stereocenters. The average molecular weight is 295 g/mol. The number of carboxylic acid groups (broad SMARTS) is 1. The lowest BCUT2D eigenvalue weighted by molar-refractivity contribution is -0.147. The first-order valence-electron chi connectivity index (χ1n) is 7.01. The Bertz CT molecular complexity index is 539. The molecule has 1 aromatic rings. The highest BCUT2D eigenvalue weighted by atomic mass is 16.4. The molecule has 2 N–H and O–H groups in total. The maximum absolute atomic E-state index is 12.1. The first kappa shape index (κ1) is 17.2. The van der Waals surface area contributed by atoms with E-state index in [-0.39, 0.29) is 11.3 Å². The molecule has 0 saturated heterocycles. The lowest BCUT2D eigenvalue weighted by atomic mass is 9.90. The van der Waals surface area contributed by atoms with Crippen molar-refractivity contribution in [2.75, 3.05) is 6.54 Å². The van der Waals surface area contributed by atoms with Crippen molar-refractivity contribution in [2.24, 2.45) is 12.5 Å². The lowest BCUT2D eigenvalue weighted by Gasteiger charge is -2.18. The SMILES string of the molecule is Cn1nc(C(C)(C)C)cc1C(=O)NCCC(C)(C)C(=O)O. The summed E-state index contributed by atoms with van der Waals surface area (Å²) in [6.45, 7) is 9.70. The second-order valence-electron chi connectivity index (χ2n) is 6.98. The fraction of sp³-hybridized carbons (Fsp3) is 0.667. The number of hydrogen-bond acceptors (Lipinski definition) is 3. The highest BCUT2D eigenvalue weighted by Gasteiger charge is 2.27. The largest absolute Gasteiger partial charge is 0.481 e. The van der Waals surface area contributed by atoms with E-state index >= 15 is 0 Å². The summed E-state index contributed by atoms with van der Waals surface area (Å²) in [7, 11) is 1.73. The molecule has 1 aromatic heterocycles. The highest BCUT2D eigenvalue weighted by Crippen LogP contribution is 2.22. The standard InChI is InChI=1S/C15H25N3O3/c1-14(2,3)11-9-10(18(6)17-11)12(19)16-8-7-15(4,5)13(20)21/h9H,7-8H2,1-6H3,(H,16,19)(H,20,21). The van der Waals surface area contributed by atoms with E-state index in [2.05, 4.69) is 10.4 Å². The van der Waals surface area contributed by atoms with Gasteiger partial charge in [-0.15, -0.1) is 0 Å². The van der Waals surface area contributed by atoms with Gasteiger partial charge in [-0.3, -0.25) is 14.3 Å². The highest BCUT2D eigenvalue weighted by molar-refractivity contribution is 5.92. The molecule has 6 nitrogen and oxygen atoms in total. The fourth-order valence-corrected chi connectivity index (χ4v) is 1.73. The third-order valence-corrected chi connectivity index (χ3v) is 3.50. The molecule has 0 fully saturated rings. The first-order chi connectivity index (χ1) is 9.45. The number of carbonyl (C=O) groups is 2. The Labute approximate surface area is 125 Å². The van der Waals surface area contributed by atoms with Crippen LogP contribution in [-0.4, -0.2) is 33.3 Å². The molecule has 0 spiro atoms. The van der Waals surface area contributed by atoms with Crippen LogP contribution < -0.4 is 5.32 Å². The van der Waals surface area contributed by atoms with Crippen LogP contribution in [0.4, 0.5) is 0 Å². The van der Waals surface area contributed by atoms with Crippen molar-refractivity contribution >= 4 is 11.9 Å². The van der Waals surface area contributed by atoms with Crippen molar-refractivity contribution in [3.05, 3.63) is 17.5 Å². The first-order valence-corrected chi connectivity index (χ1v) is 7.01. The topological polar surface area (TPSA) is 84.2 Å². The molecule has 0 aliphatic carbocycles. The number of amides is 1. The van der Waals surface area contributed by atoms with E-state index < -0.39 is 11.4 Å². The van der Waals surface area contributed by atoms with Crippen molar-refractivity contribution in [1.29, 1.82) is 0 Å². The van der Waals surface area contributed by atoms with Gasteiger partial charge in [0.1, 0.15) is 5.69 Å².